The van der Waals surface area contributed by atoms with E-state index in [0.717, 1.165) is 5.56 Å². The maximum Gasteiger partial charge on any atom is 0.226 e. The van der Waals surface area contributed by atoms with Crippen molar-refractivity contribution >= 4 is 11.7 Å². The summed E-state index contributed by atoms with van der Waals surface area (Å²) in [4.78, 5) is 16.5. The molecule has 24 heavy (non-hydrogen) atoms. The zero-order chi connectivity index (χ0) is 16.7. The van der Waals surface area contributed by atoms with Gasteiger partial charge >= 0.3 is 0 Å². The second kappa shape index (κ2) is 5.49. The monoisotopic (exact) mass is 323 g/mol. The second-order valence-corrected chi connectivity index (χ2v) is 5.70. The smallest absolute Gasteiger partial charge is 0.226 e. The number of hydrogen-bond acceptors (Lipinski definition) is 3. The summed E-state index contributed by atoms with van der Waals surface area (Å²) < 4.78 is 15.6. The molecule has 0 saturated heterocycles. The van der Waals surface area contributed by atoms with E-state index in [-0.39, 0.29) is 24.0 Å². The van der Waals surface area contributed by atoms with Crippen molar-refractivity contribution in [3.05, 3.63) is 71.9 Å². The lowest BCUT2D eigenvalue weighted by molar-refractivity contribution is -0.116. The number of nitrogens with zero attached hydrogens (tertiary/aromatic N) is 2. The van der Waals surface area contributed by atoms with Crippen LogP contribution >= 0.6 is 0 Å². The van der Waals surface area contributed by atoms with Crippen LogP contribution in [0.5, 0.6) is 5.75 Å². The minimum atomic E-state index is -0.397. The molecule has 0 radical (unpaired) electrons. The first-order chi connectivity index (χ1) is 11.6. The fourth-order valence-corrected chi connectivity index (χ4v) is 3.05. The minimum Gasteiger partial charge on any atom is -0.508 e. The van der Waals surface area contributed by atoms with Crippen LogP contribution in [0.4, 0.5) is 10.2 Å². The van der Waals surface area contributed by atoms with Crippen LogP contribution in [0.3, 0.4) is 0 Å². The van der Waals surface area contributed by atoms with Gasteiger partial charge in [-0.15, -0.1) is 0 Å². The van der Waals surface area contributed by atoms with Crippen LogP contribution in [0.25, 0.3) is 5.69 Å². The summed E-state index contributed by atoms with van der Waals surface area (Å²) in [6.45, 7) is 0. The number of para-hydroxylation sites is 1. The number of amides is 1. The highest BCUT2D eigenvalue weighted by atomic mass is 19.1. The van der Waals surface area contributed by atoms with E-state index in [9.17, 15) is 14.3 Å². The molecule has 0 saturated carbocycles. The number of rotatable bonds is 2. The van der Waals surface area contributed by atoms with Gasteiger partial charge in [0.05, 0.1) is 11.4 Å². The van der Waals surface area contributed by atoms with Gasteiger partial charge in [0.15, 0.2) is 0 Å². The third-order valence-electron chi connectivity index (χ3n) is 4.16. The van der Waals surface area contributed by atoms with E-state index < -0.39 is 5.82 Å². The molecule has 3 aromatic rings. The number of anilines is 1. The van der Waals surface area contributed by atoms with Crippen molar-refractivity contribution in [2.75, 3.05) is 5.32 Å². The summed E-state index contributed by atoms with van der Waals surface area (Å²) >= 11 is 0. The van der Waals surface area contributed by atoms with Gasteiger partial charge in [0.2, 0.25) is 5.91 Å². The number of aromatic hydroxyl groups is 1. The lowest BCUT2D eigenvalue weighted by Gasteiger charge is -2.23. The number of aromatic nitrogens is 2. The Bertz CT molecular complexity index is 936. The highest BCUT2D eigenvalue weighted by Gasteiger charge is 2.31. The van der Waals surface area contributed by atoms with Gasteiger partial charge in [0.1, 0.15) is 23.7 Å². The zero-order valence-electron chi connectivity index (χ0n) is 12.6. The normalized spacial score (nSPS) is 16.5. The third kappa shape index (κ3) is 2.32. The van der Waals surface area contributed by atoms with E-state index in [2.05, 4.69) is 10.3 Å². The molecule has 1 aliphatic heterocycles. The number of carbonyl (C=O) groups is 1. The minimum absolute atomic E-state index is 0.133. The van der Waals surface area contributed by atoms with Crippen molar-refractivity contribution in [1.29, 1.82) is 0 Å². The predicted molar refractivity (Wildman–Crippen MR) is 86.7 cm³/mol. The van der Waals surface area contributed by atoms with Crippen LogP contribution in [0, 0.1) is 5.82 Å². The van der Waals surface area contributed by atoms with Crippen LogP contribution in [-0.2, 0) is 4.79 Å². The maximum atomic E-state index is 14.1. The average Bonchev–Trinajstić information content (AvgIpc) is 2.98. The van der Waals surface area contributed by atoms with E-state index in [1.165, 1.54) is 17.0 Å². The molecule has 5 nitrogen and oxygen atoms in total. The number of imidazole rings is 1. The molecule has 2 aromatic carbocycles. The second-order valence-electron chi connectivity index (χ2n) is 5.70. The molecule has 0 aliphatic carbocycles. The SMILES string of the molecule is O=C1C[C@H](c2cccc(O)c2)c2ncn(-c3ccccc3F)c2N1. The average molecular weight is 323 g/mol. The van der Waals surface area contributed by atoms with Crippen LogP contribution in [0.1, 0.15) is 23.6 Å². The number of phenols is 1. The van der Waals surface area contributed by atoms with Gasteiger partial charge in [-0.05, 0) is 29.8 Å². The van der Waals surface area contributed by atoms with Gasteiger partial charge < -0.3 is 10.4 Å². The van der Waals surface area contributed by atoms with Crippen molar-refractivity contribution < 1.29 is 14.3 Å². The number of hydrogen-bond donors (Lipinski definition) is 2. The quantitative estimate of drug-likeness (QED) is 0.761. The molecule has 0 bridgehead atoms. The summed E-state index contributed by atoms with van der Waals surface area (Å²) in [6, 6.07) is 13.1. The molecular formula is C18H14FN3O2. The molecule has 0 fully saturated rings. The largest absolute Gasteiger partial charge is 0.508 e. The molecule has 1 aliphatic rings. The van der Waals surface area contributed by atoms with E-state index >= 15 is 0 Å². The molecule has 2 N–H and O–H groups in total. The summed E-state index contributed by atoms with van der Waals surface area (Å²) in [5.41, 5.74) is 1.77. The van der Waals surface area contributed by atoms with Gasteiger partial charge in [-0.3, -0.25) is 9.36 Å². The van der Waals surface area contributed by atoms with Crippen molar-refractivity contribution in [2.45, 2.75) is 12.3 Å². The summed E-state index contributed by atoms with van der Waals surface area (Å²) in [7, 11) is 0. The fraction of sp³-hybridized carbons (Fsp3) is 0.111. The number of halogens is 1. The predicted octanol–water partition coefficient (Wildman–Crippen LogP) is 3.19. The van der Waals surface area contributed by atoms with Gasteiger partial charge in [-0.1, -0.05) is 24.3 Å². The Morgan fingerprint density at radius 3 is 2.83 bits per heavy atom. The van der Waals surface area contributed by atoms with Crippen LogP contribution in [0.15, 0.2) is 54.9 Å². The van der Waals surface area contributed by atoms with Crippen LogP contribution in [0.2, 0.25) is 0 Å². The van der Waals surface area contributed by atoms with Crippen LogP contribution in [-0.4, -0.2) is 20.6 Å². The first-order valence-electron chi connectivity index (χ1n) is 7.54. The number of fused-ring (bicyclic) bond motifs is 1. The first-order valence-corrected chi connectivity index (χ1v) is 7.54. The van der Waals surface area contributed by atoms with Gasteiger partial charge in [-0.25, -0.2) is 9.37 Å². The Hall–Kier alpha value is -3.15. The third-order valence-corrected chi connectivity index (χ3v) is 4.16. The standard InChI is InChI=1S/C18H14FN3O2/c19-14-6-1-2-7-15(14)22-10-20-17-13(9-16(24)21-18(17)22)11-4-3-5-12(23)8-11/h1-8,10,13,23H,9H2,(H,21,24)/t13-/m1/s1. The van der Waals surface area contributed by atoms with Crippen LogP contribution < -0.4 is 5.32 Å². The van der Waals surface area contributed by atoms with Crippen molar-refractivity contribution in [3.63, 3.8) is 0 Å². The zero-order valence-corrected chi connectivity index (χ0v) is 12.6. The molecule has 0 spiro atoms. The number of benzene rings is 2. The Labute approximate surface area is 137 Å². The molecule has 0 unspecified atom stereocenters. The van der Waals surface area contributed by atoms with E-state index in [1.54, 1.807) is 36.4 Å². The summed E-state index contributed by atoms with van der Waals surface area (Å²) in [5, 5.41) is 12.5. The molecule has 4 rings (SSSR count). The maximum absolute atomic E-state index is 14.1. The fourth-order valence-electron chi connectivity index (χ4n) is 3.05. The Balaban J connectivity index is 1.85. The van der Waals surface area contributed by atoms with Crippen molar-refractivity contribution in [3.8, 4) is 11.4 Å². The number of phenolic OH excluding ortho intramolecular Hbond substituents is 1. The van der Waals surface area contributed by atoms with Gasteiger partial charge in [0, 0.05) is 12.3 Å². The van der Waals surface area contributed by atoms with E-state index in [4.69, 9.17) is 0 Å². The van der Waals surface area contributed by atoms with E-state index in [1.807, 2.05) is 6.07 Å². The number of carbonyl (C=O) groups excluding carboxylic acids is 1. The molecule has 1 aromatic heterocycles. The molecule has 2 heterocycles. The Morgan fingerprint density at radius 1 is 1.21 bits per heavy atom. The molecular weight excluding hydrogens is 309 g/mol. The summed E-state index contributed by atoms with van der Waals surface area (Å²) in [5.74, 6) is -0.257. The first kappa shape index (κ1) is 14.4. The Morgan fingerprint density at radius 2 is 2.04 bits per heavy atom. The highest BCUT2D eigenvalue weighted by Crippen LogP contribution is 2.38. The lowest BCUT2D eigenvalue weighted by atomic mass is 9.90. The Kier molecular flexibility index (Phi) is 3.30. The molecule has 6 heteroatoms. The van der Waals surface area contributed by atoms with Crippen molar-refractivity contribution in [1.82, 2.24) is 9.55 Å². The van der Waals surface area contributed by atoms with Gasteiger partial charge in [0.25, 0.3) is 0 Å². The van der Waals surface area contributed by atoms with E-state index in [0.29, 0.717) is 17.2 Å². The summed E-state index contributed by atoms with van der Waals surface area (Å²) in [6.07, 6.45) is 1.73. The molecule has 1 atom stereocenters. The van der Waals surface area contributed by atoms with Crippen molar-refractivity contribution in [2.24, 2.45) is 0 Å². The topological polar surface area (TPSA) is 67.1 Å². The highest BCUT2D eigenvalue weighted by molar-refractivity contribution is 5.94. The molecule has 1 amide bonds. The van der Waals surface area contributed by atoms with Gasteiger partial charge in [-0.2, -0.15) is 0 Å². The number of nitrogens with one attached hydrogen (secondary N) is 1. The lowest BCUT2D eigenvalue weighted by Crippen LogP contribution is -2.25. The molecule has 120 valence electrons.